The molecule has 0 radical (unpaired) electrons. The maximum atomic E-state index is 11.7. The summed E-state index contributed by atoms with van der Waals surface area (Å²) in [6.45, 7) is 3.98. The summed E-state index contributed by atoms with van der Waals surface area (Å²) in [5.74, 6) is -0.273. The zero-order valence-corrected chi connectivity index (χ0v) is 9.75. The predicted octanol–water partition coefficient (Wildman–Crippen LogP) is 2.05. The number of aliphatic hydroxyl groups excluding tert-OH is 1. The van der Waals surface area contributed by atoms with Crippen molar-refractivity contribution in [3.63, 3.8) is 0 Å². The lowest BCUT2D eigenvalue weighted by molar-refractivity contribution is -0.158. The topological polar surface area (TPSA) is 46.5 Å². The van der Waals surface area contributed by atoms with E-state index >= 15 is 0 Å². The molecular formula is C12H20O3. The monoisotopic (exact) mass is 212 g/mol. The minimum absolute atomic E-state index is 0.273. The van der Waals surface area contributed by atoms with Crippen molar-refractivity contribution < 1.29 is 14.6 Å². The van der Waals surface area contributed by atoms with Crippen molar-refractivity contribution in [2.45, 2.75) is 45.6 Å². The van der Waals surface area contributed by atoms with Crippen LogP contribution < -0.4 is 0 Å². The van der Waals surface area contributed by atoms with Crippen molar-refractivity contribution in [1.29, 1.82) is 0 Å². The number of rotatable bonds is 3. The van der Waals surface area contributed by atoms with Crippen LogP contribution in [0.1, 0.15) is 39.5 Å². The first-order valence-electron chi connectivity index (χ1n) is 5.43. The number of carbonyl (C=O) groups excluding carboxylic acids is 1. The van der Waals surface area contributed by atoms with Crippen LogP contribution in [0.3, 0.4) is 0 Å². The molecule has 2 atom stereocenters. The van der Waals surface area contributed by atoms with Gasteiger partial charge in [-0.25, -0.2) is 0 Å². The Kier molecular flexibility index (Phi) is 3.91. The molecule has 0 aromatic carbocycles. The average molecular weight is 212 g/mol. The predicted molar refractivity (Wildman–Crippen MR) is 58.4 cm³/mol. The van der Waals surface area contributed by atoms with Crippen molar-refractivity contribution in [3.8, 4) is 0 Å². The highest BCUT2D eigenvalue weighted by Crippen LogP contribution is 2.42. The van der Waals surface area contributed by atoms with Gasteiger partial charge in [-0.2, -0.15) is 0 Å². The summed E-state index contributed by atoms with van der Waals surface area (Å²) in [4.78, 5) is 11.7. The largest absolute Gasteiger partial charge is 0.469 e. The van der Waals surface area contributed by atoms with E-state index in [0.717, 1.165) is 18.4 Å². The number of methoxy groups -OCH3 is 1. The Morgan fingerprint density at radius 3 is 2.67 bits per heavy atom. The molecule has 1 aliphatic carbocycles. The fourth-order valence-corrected chi connectivity index (χ4v) is 2.20. The number of ether oxygens (including phenoxy) is 1. The third-order valence-corrected chi connectivity index (χ3v) is 3.20. The van der Waals surface area contributed by atoms with Crippen molar-refractivity contribution in [2.24, 2.45) is 5.41 Å². The lowest BCUT2D eigenvalue weighted by Gasteiger charge is -2.28. The molecule has 0 spiro atoms. The smallest absolute Gasteiger partial charge is 0.314 e. The number of esters is 1. The molecule has 1 rings (SSSR count). The van der Waals surface area contributed by atoms with Gasteiger partial charge in [-0.05, 0) is 39.5 Å². The Labute approximate surface area is 91.1 Å². The highest BCUT2D eigenvalue weighted by Gasteiger charge is 2.48. The van der Waals surface area contributed by atoms with Gasteiger partial charge in [-0.15, -0.1) is 0 Å². The fraction of sp³-hybridized carbons (Fsp3) is 0.750. The van der Waals surface area contributed by atoms with Crippen LogP contribution in [0, 0.1) is 5.41 Å². The molecule has 1 aliphatic rings. The number of hydrogen-bond donors (Lipinski definition) is 1. The van der Waals surface area contributed by atoms with Crippen LogP contribution in [0.15, 0.2) is 11.6 Å². The number of aliphatic hydroxyl groups is 1. The van der Waals surface area contributed by atoms with Crippen molar-refractivity contribution in [2.75, 3.05) is 7.11 Å². The van der Waals surface area contributed by atoms with E-state index in [9.17, 15) is 9.90 Å². The highest BCUT2D eigenvalue weighted by atomic mass is 16.5. The van der Waals surface area contributed by atoms with Gasteiger partial charge in [0.2, 0.25) is 0 Å². The van der Waals surface area contributed by atoms with Crippen LogP contribution in [0.25, 0.3) is 0 Å². The van der Waals surface area contributed by atoms with Gasteiger partial charge in [0, 0.05) is 0 Å². The van der Waals surface area contributed by atoms with Crippen LogP contribution in [-0.4, -0.2) is 24.3 Å². The fourth-order valence-electron chi connectivity index (χ4n) is 2.20. The molecule has 1 N–H and O–H groups in total. The first-order valence-corrected chi connectivity index (χ1v) is 5.43. The minimum atomic E-state index is -0.688. The van der Waals surface area contributed by atoms with Crippen LogP contribution in [0.5, 0.6) is 0 Å². The number of hydrogen-bond acceptors (Lipinski definition) is 3. The van der Waals surface area contributed by atoms with E-state index in [2.05, 4.69) is 0 Å². The molecule has 0 bridgehead atoms. The third-order valence-electron chi connectivity index (χ3n) is 3.20. The lowest BCUT2D eigenvalue weighted by atomic mass is 9.80. The molecule has 86 valence electrons. The first-order chi connectivity index (χ1) is 7.03. The lowest BCUT2D eigenvalue weighted by Crippen LogP contribution is -2.38. The quantitative estimate of drug-likeness (QED) is 0.575. The summed E-state index contributed by atoms with van der Waals surface area (Å²) in [7, 11) is 1.39. The second-order valence-electron chi connectivity index (χ2n) is 4.54. The summed E-state index contributed by atoms with van der Waals surface area (Å²) in [5, 5.41) is 9.92. The molecule has 3 heteroatoms. The van der Waals surface area contributed by atoms with E-state index in [1.807, 2.05) is 19.9 Å². The molecule has 1 saturated carbocycles. The summed E-state index contributed by atoms with van der Waals surface area (Å²) >= 11 is 0. The Morgan fingerprint density at radius 1 is 1.60 bits per heavy atom. The molecule has 1 fully saturated rings. The normalized spacial score (nSPS) is 30.0. The van der Waals surface area contributed by atoms with Crippen molar-refractivity contribution in [3.05, 3.63) is 11.6 Å². The SMILES string of the molecule is COC(=O)C1(CC=C(C)C)CCCC1O. The second-order valence-corrected chi connectivity index (χ2v) is 4.54. The van der Waals surface area contributed by atoms with E-state index in [1.165, 1.54) is 7.11 Å². The molecule has 2 unspecified atom stereocenters. The van der Waals surface area contributed by atoms with Crippen LogP contribution in [0.4, 0.5) is 0 Å². The van der Waals surface area contributed by atoms with Gasteiger partial charge in [-0.1, -0.05) is 11.6 Å². The molecule has 0 heterocycles. The van der Waals surface area contributed by atoms with E-state index in [4.69, 9.17) is 4.74 Å². The van der Waals surface area contributed by atoms with Gasteiger partial charge >= 0.3 is 5.97 Å². The van der Waals surface area contributed by atoms with E-state index in [-0.39, 0.29) is 5.97 Å². The van der Waals surface area contributed by atoms with Gasteiger partial charge in [0.25, 0.3) is 0 Å². The van der Waals surface area contributed by atoms with Crippen molar-refractivity contribution in [1.82, 2.24) is 0 Å². The Morgan fingerprint density at radius 2 is 2.27 bits per heavy atom. The van der Waals surface area contributed by atoms with E-state index in [0.29, 0.717) is 12.8 Å². The Balaban J connectivity index is 2.86. The maximum Gasteiger partial charge on any atom is 0.314 e. The maximum absolute atomic E-state index is 11.7. The van der Waals surface area contributed by atoms with Gasteiger partial charge in [0.05, 0.1) is 18.6 Å². The molecule has 0 saturated heterocycles. The highest BCUT2D eigenvalue weighted by molar-refractivity contribution is 5.78. The molecule has 0 aromatic rings. The Hall–Kier alpha value is -0.830. The molecule has 15 heavy (non-hydrogen) atoms. The third kappa shape index (κ3) is 2.40. The van der Waals surface area contributed by atoms with Gasteiger partial charge in [0.15, 0.2) is 0 Å². The molecule has 0 aliphatic heterocycles. The summed E-state index contributed by atoms with van der Waals surface area (Å²) in [6, 6.07) is 0. The van der Waals surface area contributed by atoms with Crippen LogP contribution in [-0.2, 0) is 9.53 Å². The van der Waals surface area contributed by atoms with E-state index < -0.39 is 11.5 Å². The molecule has 0 aromatic heterocycles. The first kappa shape index (κ1) is 12.2. The standard InChI is InChI=1S/C12H20O3/c1-9(2)6-8-12(11(14)15-3)7-4-5-10(12)13/h6,10,13H,4-5,7-8H2,1-3H3. The van der Waals surface area contributed by atoms with Gasteiger partial charge < -0.3 is 9.84 Å². The van der Waals surface area contributed by atoms with Crippen molar-refractivity contribution >= 4 is 5.97 Å². The van der Waals surface area contributed by atoms with Crippen LogP contribution >= 0.6 is 0 Å². The zero-order chi connectivity index (χ0) is 11.5. The van der Waals surface area contributed by atoms with Gasteiger partial charge in [-0.3, -0.25) is 4.79 Å². The zero-order valence-electron chi connectivity index (χ0n) is 9.75. The molecular weight excluding hydrogens is 192 g/mol. The minimum Gasteiger partial charge on any atom is -0.469 e. The Bertz CT molecular complexity index is 266. The second kappa shape index (κ2) is 4.79. The number of allylic oxidation sites excluding steroid dienone is 2. The molecule has 3 nitrogen and oxygen atoms in total. The molecule has 0 amide bonds. The van der Waals surface area contributed by atoms with E-state index in [1.54, 1.807) is 0 Å². The summed E-state index contributed by atoms with van der Waals surface area (Å²) in [6.07, 6.45) is 4.36. The van der Waals surface area contributed by atoms with Gasteiger partial charge in [0.1, 0.15) is 0 Å². The van der Waals surface area contributed by atoms with Crippen LogP contribution in [0.2, 0.25) is 0 Å². The number of carbonyl (C=O) groups is 1. The summed E-state index contributed by atoms with van der Waals surface area (Å²) < 4.78 is 4.81. The average Bonchev–Trinajstić information content (AvgIpc) is 2.57. The summed E-state index contributed by atoms with van der Waals surface area (Å²) in [5.41, 5.74) is 0.476.